The summed E-state index contributed by atoms with van der Waals surface area (Å²) in [6.07, 6.45) is 0.0636. The summed E-state index contributed by atoms with van der Waals surface area (Å²) in [6, 6.07) is 15.7. The molecule has 0 unspecified atom stereocenters. The Balaban J connectivity index is 1.38. The maximum absolute atomic E-state index is 13.8. The van der Waals surface area contributed by atoms with Gasteiger partial charge in [0.1, 0.15) is 17.3 Å². The Hall–Kier alpha value is -3.74. The number of carbonyl (C=O) groups is 3. The Bertz CT molecular complexity index is 1050. The van der Waals surface area contributed by atoms with Crippen molar-refractivity contribution in [3.8, 4) is 11.3 Å². The average molecular weight is 379 g/mol. The molecule has 2 heterocycles. The maximum atomic E-state index is 13.8. The second kappa shape index (κ2) is 7.11. The van der Waals surface area contributed by atoms with E-state index >= 15 is 0 Å². The number of furan rings is 1. The first kappa shape index (κ1) is 17.7. The minimum atomic E-state index is -0.752. The third-order valence-corrected chi connectivity index (χ3v) is 4.33. The summed E-state index contributed by atoms with van der Waals surface area (Å²) in [5, 5.41) is 0.472. The highest BCUT2D eigenvalue weighted by molar-refractivity contribution is 6.20. The van der Waals surface area contributed by atoms with E-state index in [1.807, 2.05) is 0 Å². The van der Waals surface area contributed by atoms with E-state index in [1.54, 1.807) is 42.5 Å². The molecule has 0 N–H and O–H groups in total. The third kappa shape index (κ3) is 3.18. The Morgan fingerprint density at radius 2 is 1.50 bits per heavy atom. The molecule has 4 rings (SSSR count). The quantitative estimate of drug-likeness (QED) is 0.631. The molecule has 2 aromatic carbocycles. The minimum Gasteiger partial charge on any atom is -0.461 e. The molecular formula is C21H14FNO5. The van der Waals surface area contributed by atoms with Crippen molar-refractivity contribution in [2.24, 2.45) is 0 Å². The van der Waals surface area contributed by atoms with Crippen LogP contribution in [0.3, 0.4) is 0 Å². The number of rotatable bonds is 5. The largest absolute Gasteiger partial charge is 0.461 e. The van der Waals surface area contributed by atoms with Gasteiger partial charge in [-0.15, -0.1) is 0 Å². The van der Waals surface area contributed by atoms with Crippen molar-refractivity contribution in [2.75, 3.05) is 0 Å². The molecule has 1 aromatic heterocycles. The maximum Gasteiger partial charge on any atom is 0.333 e. The van der Waals surface area contributed by atoms with Gasteiger partial charge in [0.15, 0.2) is 0 Å². The van der Waals surface area contributed by atoms with Crippen LogP contribution < -0.4 is 0 Å². The highest BCUT2D eigenvalue weighted by atomic mass is 19.1. The lowest BCUT2D eigenvalue weighted by molar-refractivity contribution is -0.168. The Morgan fingerprint density at radius 3 is 2.14 bits per heavy atom. The fraction of sp³-hybridized carbons (Fsp3) is 0.0952. The zero-order chi connectivity index (χ0) is 19.7. The third-order valence-electron chi connectivity index (χ3n) is 4.33. The molecule has 0 fully saturated rings. The van der Waals surface area contributed by atoms with E-state index in [9.17, 15) is 18.8 Å². The number of hydrogen-bond donors (Lipinski definition) is 0. The van der Waals surface area contributed by atoms with Gasteiger partial charge in [0.2, 0.25) is 0 Å². The van der Waals surface area contributed by atoms with Crippen LogP contribution in [0.4, 0.5) is 4.39 Å². The summed E-state index contributed by atoms with van der Waals surface area (Å²) in [7, 11) is 0. The van der Waals surface area contributed by atoms with E-state index in [2.05, 4.69) is 0 Å². The molecule has 0 aliphatic carbocycles. The number of carbonyl (C=O) groups excluding carboxylic acids is 3. The van der Waals surface area contributed by atoms with Gasteiger partial charge >= 0.3 is 5.97 Å². The van der Waals surface area contributed by atoms with Crippen molar-refractivity contribution >= 4 is 17.8 Å². The van der Waals surface area contributed by atoms with Gasteiger partial charge in [-0.1, -0.05) is 29.3 Å². The van der Waals surface area contributed by atoms with Crippen LogP contribution in [0.2, 0.25) is 0 Å². The Morgan fingerprint density at radius 1 is 0.893 bits per heavy atom. The van der Waals surface area contributed by atoms with Gasteiger partial charge in [-0.25, -0.2) is 9.18 Å². The number of hydroxylamine groups is 2. The van der Waals surface area contributed by atoms with Crippen molar-refractivity contribution in [2.45, 2.75) is 12.8 Å². The van der Waals surface area contributed by atoms with Gasteiger partial charge in [0.25, 0.3) is 11.8 Å². The van der Waals surface area contributed by atoms with Gasteiger partial charge in [-0.3, -0.25) is 9.59 Å². The first-order valence-corrected chi connectivity index (χ1v) is 8.57. The molecule has 6 nitrogen and oxygen atoms in total. The molecule has 0 spiro atoms. The Kier molecular flexibility index (Phi) is 4.49. The van der Waals surface area contributed by atoms with Crippen LogP contribution in [0.15, 0.2) is 65.1 Å². The van der Waals surface area contributed by atoms with E-state index in [1.165, 1.54) is 18.2 Å². The van der Waals surface area contributed by atoms with Crippen molar-refractivity contribution in [3.63, 3.8) is 0 Å². The molecule has 2 amide bonds. The number of amides is 2. The van der Waals surface area contributed by atoms with Crippen LogP contribution >= 0.6 is 0 Å². The first-order chi connectivity index (χ1) is 13.5. The smallest absolute Gasteiger partial charge is 0.333 e. The lowest BCUT2D eigenvalue weighted by atomic mass is 10.1. The second-order valence-corrected chi connectivity index (χ2v) is 6.16. The van der Waals surface area contributed by atoms with Crippen molar-refractivity contribution < 1.29 is 28.0 Å². The van der Waals surface area contributed by atoms with E-state index in [0.717, 1.165) is 0 Å². The highest BCUT2D eigenvalue weighted by Crippen LogP contribution is 2.26. The predicted molar refractivity (Wildman–Crippen MR) is 95.5 cm³/mol. The van der Waals surface area contributed by atoms with E-state index in [4.69, 9.17) is 9.25 Å². The summed E-state index contributed by atoms with van der Waals surface area (Å²) in [5.41, 5.74) is 0.712. The number of hydrogen-bond acceptors (Lipinski definition) is 5. The average Bonchev–Trinajstić information content (AvgIpc) is 3.26. The zero-order valence-electron chi connectivity index (χ0n) is 14.6. The Labute approximate surface area is 159 Å². The highest BCUT2D eigenvalue weighted by Gasteiger charge is 2.38. The molecule has 140 valence electrons. The number of nitrogens with zero attached hydrogens (tertiary/aromatic N) is 1. The summed E-state index contributed by atoms with van der Waals surface area (Å²) in [5.74, 6) is -1.70. The molecule has 1 aliphatic heterocycles. The van der Waals surface area contributed by atoms with E-state index < -0.39 is 23.6 Å². The molecule has 1 aliphatic rings. The van der Waals surface area contributed by atoms with Gasteiger partial charge < -0.3 is 9.25 Å². The topological polar surface area (TPSA) is 76.8 Å². The van der Waals surface area contributed by atoms with Crippen LogP contribution in [0.25, 0.3) is 11.3 Å². The van der Waals surface area contributed by atoms with Crippen LogP contribution in [-0.4, -0.2) is 22.8 Å². The molecular weight excluding hydrogens is 365 g/mol. The molecule has 28 heavy (non-hydrogen) atoms. The molecule has 0 radical (unpaired) electrons. The monoisotopic (exact) mass is 379 g/mol. The lowest BCUT2D eigenvalue weighted by Gasteiger charge is -2.12. The van der Waals surface area contributed by atoms with Gasteiger partial charge in [-0.2, -0.15) is 0 Å². The summed E-state index contributed by atoms with van der Waals surface area (Å²) in [6.45, 7) is 0. The van der Waals surface area contributed by atoms with Crippen LogP contribution in [0, 0.1) is 5.82 Å². The number of imide groups is 1. The first-order valence-electron chi connectivity index (χ1n) is 8.57. The van der Waals surface area contributed by atoms with Crippen LogP contribution in [0.5, 0.6) is 0 Å². The van der Waals surface area contributed by atoms with E-state index in [0.29, 0.717) is 22.1 Å². The van der Waals surface area contributed by atoms with Gasteiger partial charge in [0.05, 0.1) is 23.1 Å². The molecule has 0 atom stereocenters. The van der Waals surface area contributed by atoms with Crippen molar-refractivity contribution in [3.05, 3.63) is 83.4 Å². The number of aryl methyl sites for hydroxylation is 1. The fourth-order valence-electron chi connectivity index (χ4n) is 2.94. The number of halogens is 1. The second-order valence-electron chi connectivity index (χ2n) is 6.16. The van der Waals surface area contributed by atoms with Crippen molar-refractivity contribution in [1.82, 2.24) is 5.06 Å². The lowest BCUT2D eigenvalue weighted by Crippen LogP contribution is -2.32. The van der Waals surface area contributed by atoms with Gasteiger partial charge in [-0.05, 0) is 36.4 Å². The number of benzene rings is 2. The SMILES string of the molecule is O=C(CCc1ccc(-c2ccccc2F)o1)ON1C(=O)c2ccccc2C1=O. The zero-order valence-corrected chi connectivity index (χ0v) is 14.6. The van der Waals surface area contributed by atoms with E-state index in [-0.39, 0.29) is 24.0 Å². The molecule has 0 bridgehead atoms. The molecule has 0 saturated heterocycles. The standard InChI is InChI=1S/C21H14FNO5/c22-17-8-4-3-7-16(17)18-11-9-13(27-18)10-12-19(24)28-23-20(25)14-5-1-2-6-15(14)21(23)26/h1-9,11H,10,12H2. The van der Waals surface area contributed by atoms with Crippen molar-refractivity contribution in [1.29, 1.82) is 0 Å². The number of fused-ring (bicyclic) bond motifs is 1. The minimum absolute atomic E-state index is 0.113. The normalized spacial score (nSPS) is 13.0. The fourth-order valence-corrected chi connectivity index (χ4v) is 2.94. The summed E-state index contributed by atoms with van der Waals surface area (Å²) in [4.78, 5) is 41.4. The molecule has 0 saturated carbocycles. The van der Waals surface area contributed by atoms with Gasteiger partial charge in [0, 0.05) is 6.42 Å². The van der Waals surface area contributed by atoms with Crippen LogP contribution in [-0.2, 0) is 16.1 Å². The summed E-state index contributed by atoms with van der Waals surface area (Å²) >= 11 is 0. The van der Waals surface area contributed by atoms with Crippen LogP contribution in [0.1, 0.15) is 32.9 Å². The molecule has 3 aromatic rings. The molecule has 7 heteroatoms. The predicted octanol–water partition coefficient (Wildman–Crippen LogP) is 3.77. The summed E-state index contributed by atoms with van der Waals surface area (Å²) < 4.78 is 19.4.